The molecular formula is C12H12ClF3N4. The highest BCUT2D eigenvalue weighted by Gasteiger charge is 2.31. The van der Waals surface area contributed by atoms with Gasteiger partial charge in [-0.15, -0.1) is 0 Å². The number of rotatable bonds is 2. The molecule has 1 aromatic carbocycles. The Balaban J connectivity index is 2.41. The third-order valence-corrected chi connectivity index (χ3v) is 2.97. The van der Waals surface area contributed by atoms with Crippen molar-refractivity contribution in [2.75, 3.05) is 11.1 Å². The summed E-state index contributed by atoms with van der Waals surface area (Å²) in [4.78, 5) is 0. The first-order chi connectivity index (χ1) is 9.18. The Hall–Kier alpha value is -1.89. The van der Waals surface area contributed by atoms with Crippen LogP contribution in [0.4, 0.5) is 30.4 Å². The molecule has 1 aromatic heterocycles. The van der Waals surface area contributed by atoms with Gasteiger partial charge in [0.1, 0.15) is 0 Å². The summed E-state index contributed by atoms with van der Waals surface area (Å²) < 4.78 is 39.6. The van der Waals surface area contributed by atoms with Crippen LogP contribution in [0.1, 0.15) is 11.3 Å². The highest BCUT2D eigenvalue weighted by molar-refractivity contribution is 6.31. The number of nitrogens with two attached hydrogens (primary N) is 1. The summed E-state index contributed by atoms with van der Waals surface area (Å²) in [7, 11) is 1.64. The summed E-state index contributed by atoms with van der Waals surface area (Å²) in [5.41, 5.74) is 6.14. The van der Waals surface area contributed by atoms with Crippen LogP contribution in [0.2, 0.25) is 5.02 Å². The lowest BCUT2D eigenvalue weighted by Gasteiger charge is -2.12. The Labute approximate surface area is 118 Å². The number of halogens is 4. The standard InChI is InChI=1S/C12H12ClF3N4/c1-6-10(17)11(20(2)19-6)18-9-4-7(12(14,15)16)3-8(13)5-9/h3-5,18H,17H2,1-2H3. The van der Waals surface area contributed by atoms with E-state index in [9.17, 15) is 13.2 Å². The van der Waals surface area contributed by atoms with Crippen molar-refractivity contribution in [3.05, 3.63) is 34.5 Å². The number of nitrogens with one attached hydrogen (secondary N) is 1. The van der Waals surface area contributed by atoms with Gasteiger partial charge in [-0.3, -0.25) is 4.68 Å². The minimum absolute atomic E-state index is 0.0141. The minimum Gasteiger partial charge on any atom is -0.394 e. The highest BCUT2D eigenvalue weighted by Crippen LogP contribution is 2.34. The van der Waals surface area contributed by atoms with E-state index in [1.54, 1.807) is 14.0 Å². The fourth-order valence-electron chi connectivity index (χ4n) is 1.78. The van der Waals surface area contributed by atoms with Crippen molar-refractivity contribution in [3.63, 3.8) is 0 Å². The Kier molecular flexibility index (Phi) is 3.56. The van der Waals surface area contributed by atoms with Crippen molar-refractivity contribution < 1.29 is 13.2 Å². The SMILES string of the molecule is Cc1nn(C)c(Nc2cc(Cl)cc(C(F)(F)F)c2)c1N. The van der Waals surface area contributed by atoms with Crippen LogP contribution >= 0.6 is 11.6 Å². The number of hydrogen-bond donors (Lipinski definition) is 2. The Morgan fingerprint density at radius 3 is 2.45 bits per heavy atom. The van der Waals surface area contributed by atoms with Gasteiger partial charge >= 0.3 is 6.18 Å². The van der Waals surface area contributed by atoms with Crippen LogP contribution < -0.4 is 11.1 Å². The molecule has 20 heavy (non-hydrogen) atoms. The summed E-state index contributed by atoms with van der Waals surface area (Å²) in [6.45, 7) is 1.71. The number of nitrogen functional groups attached to an aromatic ring is 1. The largest absolute Gasteiger partial charge is 0.416 e. The van der Waals surface area contributed by atoms with Crippen LogP contribution in [0, 0.1) is 6.92 Å². The van der Waals surface area contributed by atoms with E-state index in [0.29, 0.717) is 17.2 Å². The molecule has 0 radical (unpaired) electrons. The number of hydrogen-bond acceptors (Lipinski definition) is 3. The van der Waals surface area contributed by atoms with Crippen molar-refractivity contribution in [1.29, 1.82) is 0 Å². The van der Waals surface area contributed by atoms with Crippen molar-refractivity contribution in [1.82, 2.24) is 9.78 Å². The molecule has 2 rings (SSSR count). The molecule has 0 aliphatic carbocycles. The molecule has 0 unspecified atom stereocenters. The van der Waals surface area contributed by atoms with Crippen LogP contribution in [0.3, 0.4) is 0 Å². The normalized spacial score (nSPS) is 11.7. The Morgan fingerprint density at radius 1 is 1.30 bits per heavy atom. The molecule has 108 valence electrons. The van der Waals surface area contributed by atoms with Gasteiger partial charge in [-0.1, -0.05) is 11.6 Å². The molecule has 0 aliphatic rings. The molecule has 0 bridgehead atoms. The van der Waals surface area contributed by atoms with E-state index in [2.05, 4.69) is 10.4 Å². The average molecular weight is 305 g/mol. The summed E-state index contributed by atoms with van der Waals surface area (Å²) >= 11 is 5.71. The molecule has 0 amide bonds. The smallest absolute Gasteiger partial charge is 0.394 e. The van der Waals surface area contributed by atoms with Gasteiger partial charge in [0.2, 0.25) is 0 Å². The predicted octanol–water partition coefficient (Wildman–Crippen LogP) is 3.73. The molecule has 8 heteroatoms. The fourth-order valence-corrected chi connectivity index (χ4v) is 2.02. The second-order valence-corrected chi connectivity index (χ2v) is 4.76. The maximum Gasteiger partial charge on any atom is 0.416 e. The first-order valence-electron chi connectivity index (χ1n) is 5.62. The summed E-state index contributed by atoms with van der Waals surface area (Å²) in [6.07, 6.45) is -4.46. The van der Waals surface area contributed by atoms with Gasteiger partial charge in [0.25, 0.3) is 0 Å². The Morgan fingerprint density at radius 2 is 1.95 bits per heavy atom. The molecule has 0 atom stereocenters. The molecule has 0 saturated heterocycles. The Bertz CT molecular complexity index is 649. The number of benzene rings is 1. The summed E-state index contributed by atoms with van der Waals surface area (Å²) in [5, 5.41) is 6.87. The van der Waals surface area contributed by atoms with Gasteiger partial charge in [0, 0.05) is 17.8 Å². The molecule has 3 N–H and O–H groups in total. The molecule has 0 spiro atoms. The number of aromatic nitrogens is 2. The van der Waals surface area contributed by atoms with E-state index in [1.165, 1.54) is 10.7 Å². The second kappa shape index (κ2) is 4.90. The van der Waals surface area contributed by atoms with Crippen molar-refractivity contribution in [3.8, 4) is 0 Å². The van der Waals surface area contributed by atoms with Gasteiger partial charge in [-0.25, -0.2) is 0 Å². The molecule has 1 heterocycles. The summed E-state index contributed by atoms with van der Waals surface area (Å²) in [5.74, 6) is 0.415. The number of alkyl halides is 3. The van der Waals surface area contributed by atoms with E-state index in [4.69, 9.17) is 17.3 Å². The minimum atomic E-state index is -4.46. The molecule has 4 nitrogen and oxygen atoms in total. The van der Waals surface area contributed by atoms with Crippen LogP contribution in [-0.4, -0.2) is 9.78 Å². The zero-order chi connectivity index (χ0) is 15.1. The van der Waals surface area contributed by atoms with E-state index in [-0.39, 0.29) is 10.7 Å². The number of nitrogens with zero attached hydrogens (tertiary/aromatic N) is 2. The lowest BCUT2D eigenvalue weighted by atomic mass is 10.2. The first kappa shape index (κ1) is 14.5. The highest BCUT2D eigenvalue weighted by atomic mass is 35.5. The average Bonchev–Trinajstić information content (AvgIpc) is 2.54. The lowest BCUT2D eigenvalue weighted by molar-refractivity contribution is -0.137. The molecular weight excluding hydrogens is 293 g/mol. The van der Waals surface area contributed by atoms with Crippen LogP contribution in [0.15, 0.2) is 18.2 Å². The molecule has 2 aromatic rings. The van der Waals surface area contributed by atoms with Crippen molar-refractivity contribution in [2.24, 2.45) is 7.05 Å². The van der Waals surface area contributed by atoms with Crippen LogP contribution in [-0.2, 0) is 13.2 Å². The maximum atomic E-state index is 12.7. The zero-order valence-corrected chi connectivity index (χ0v) is 11.5. The second-order valence-electron chi connectivity index (χ2n) is 4.32. The van der Waals surface area contributed by atoms with Gasteiger partial charge < -0.3 is 11.1 Å². The van der Waals surface area contributed by atoms with Crippen LogP contribution in [0.25, 0.3) is 0 Å². The number of anilines is 3. The monoisotopic (exact) mass is 304 g/mol. The van der Waals surface area contributed by atoms with E-state index < -0.39 is 11.7 Å². The van der Waals surface area contributed by atoms with Crippen molar-refractivity contribution in [2.45, 2.75) is 13.1 Å². The summed E-state index contributed by atoms with van der Waals surface area (Å²) in [6, 6.07) is 3.22. The number of aryl methyl sites for hydroxylation is 2. The van der Waals surface area contributed by atoms with Crippen molar-refractivity contribution >= 4 is 28.8 Å². The van der Waals surface area contributed by atoms with E-state index in [1.807, 2.05) is 0 Å². The predicted molar refractivity (Wildman–Crippen MR) is 72.1 cm³/mol. The topological polar surface area (TPSA) is 55.9 Å². The fraction of sp³-hybridized carbons (Fsp3) is 0.250. The van der Waals surface area contributed by atoms with Gasteiger partial charge in [0.05, 0.1) is 16.9 Å². The molecule has 0 fully saturated rings. The van der Waals surface area contributed by atoms with Gasteiger partial charge in [0.15, 0.2) is 5.82 Å². The van der Waals surface area contributed by atoms with Crippen LogP contribution in [0.5, 0.6) is 0 Å². The van der Waals surface area contributed by atoms with E-state index >= 15 is 0 Å². The molecule has 0 aliphatic heterocycles. The quantitative estimate of drug-likeness (QED) is 0.889. The molecule has 0 saturated carbocycles. The van der Waals surface area contributed by atoms with Gasteiger partial charge in [-0.2, -0.15) is 18.3 Å². The maximum absolute atomic E-state index is 12.7. The third kappa shape index (κ3) is 2.82. The first-order valence-corrected chi connectivity index (χ1v) is 6.00. The third-order valence-electron chi connectivity index (χ3n) is 2.76. The lowest BCUT2D eigenvalue weighted by Crippen LogP contribution is -2.07. The van der Waals surface area contributed by atoms with E-state index in [0.717, 1.165) is 12.1 Å². The van der Waals surface area contributed by atoms with Gasteiger partial charge in [-0.05, 0) is 25.1 Å². The zero-order valence-electron chi connectivity index (χ0n) is 10.7.